The maximum absolute atomic E-state index is 11.6. The molecule has 1 aromatic rings. The van der Waals surface area contributed by atoms with Gasteiger partial charge < -0.3 is 10.0 Å². The molecule has 0 aliphatic carbocycles. The van der Waals surface area contributed by atoms with Gasteiger partial charge >= 0.3 is 0 Å². The van der Waals surface area contributed by atoms with Gasteiger partial charge in [-0.1, -0.05) is 13.8 Å². The van der Waals surface area contributed by atoms with Gasteiger partial charge in [0.15, 0.2) is 5.78 Å². The molecule has 0 bridgehead atoms. The van der Waals surface area contributed by atoms with E-state index in [0.29, 0.717) is 24.0 Å². The van der Waals surface area contributed by atoms with Crippen LogP contribution in [0, 0.1) is 0 Å². The molecule has 1 aromatic heterocycles. The van der Waals surface area contributed by atoms with Crippen molar-refractivity contribution < 1.29 is 9.90 Å². The molecule has 100 valence electrons. The number of Topliss-reactive ketones (excluding diaryl/α,β-unsaturated/α-hetero) is 1. The monoisotopic (exact) mass is 250 g/mol. The number of ketones is 1. The maximum atomic E-state index is 11.6. The first-order valence-corrected chi connectivity index (χ1v) is 6.49. The van der Waals surface area contributed by atoms with Crippen molar-refractivity contribution >= 4 is 11.6 Å². The highest BCUT2D eigenvalue weighted by molar-refractivity contribution is 5.98. The molecule has 0 amide bonds. The van der Waals surface area contributed by atoms with E-state index in [4.69, 9.17) is 0 Å². The van der Waals surface area contributed by atoms with Gasteiger partial charge in [-0.05, 0) is 31.9 Å². The number of aliphatic hydroxyl groups excluding tert-OH is 1. The second-order valence-corrected chi connectivity index (χ2v) is 4.32. The second-order valence-electron chi connectivity index (χ2n) is 4.32. The Kier molecular flexibility index (Phi) is 5.78. The van der Waals surface area contributed by atoms with Crippen LogP contribution in [0.1, 0.15) is 44.0 Å². The van der Waals surface area contributed by atoms with E-state index in [1.165, 1.54) is 0 Å². The molecule has 1 N–H and O–H groups in total. The largest absolute Gasteiger partial charge is 0.395 e. The van der Waals surface area contributed by atoms with Gasteiger partial charge in [-0.25, -0.2) is 4.98 Å². The standard InChI is InChI=1S/C14H22N2O2/c1-4-12(5-2)16(9-10-17)14-13(11(3)18)7-6-8-15-14/h6-8,12,17H,4-5,9-10H2,1-3H3. The van der Waals surface area contributed by atoms with Crippen LogP contribution in [0.5, 0.6) is 0 Å². The molecule has 18 heavy (non-hydrogen) atoms. The fourth-order valence-corrected chi connectivity index (χ4v) is 2.20. The third-order valence-corrected chi connectivity index (χ3v) is 3.16. The molecule has 0 spiro atoms. The SMILES string of the molecule is CCC(CC)N(CCO)c1ncccc1C(C)=O. The number of aliphatic hydroxyl groups is 1. The molecule has 1 rings (SSSR count). The quantitative estimate of drug-likeness (QED) is 0.754. The van der Waals surface area contributed by atoms with Crippen LogP contribution in [0.15, 0.2) is 18.3 Å². The highest BCUT2D eigenvalue weighted by Crippen LogP contribution is 2.22. The number of anilines is 1. The number of carbonyl (C=O) groups excluding carboxylic acids is 1. The van der Waals surface area contributed by atoms with Gasteiger partial charge in [-0.2, -0.15) is 0 Å². The summed E-state index contributed by atoms with van der Waals surface area (Å²) in [6.45, 7) is 6.32. The van der Waals surface area contributed by atoms with Crippen molar-refractivity contribution in [2.45, 2.75) is 39.7 Å². The lowest BCUT2D eigenvalue weighted by Crippen LogP contribution is -2.38. The minimum Gasteiger partial charge on any atom is -0.395 e. The van der Waals surface area contributed by atoms with Gasteiger partial charge in [-0.3, -0.25) is 4.79 Å². The maximum Gasteiger partial charge on any atom is 0.163 e. The molecule has 4 nitrogen and oxygen atoms in total. The number of aromatic nitrogens is 1. The molecule has 0 aromatic carbocycles. The molecule has 0 radical (unpaired) electrons. The average molecular weight is 250 g/mol. The Hall–Kier alpha value is -1.42. The highest BCUT2D eigenvalue weighted by Gasteiger charge is 2.20. The van der Waals surface area contributed by atoms with E-state index in [1.807, 2.05) is 4.90 Å². The minimum absolute atomic E-state index is 0.00648. The molecule has 0 aliphatic heterocycles. The molecule has 0 atom stereocenters. The van der Waals surface area contributed by atoms with Gasteiger partial charge in [0.1, 0.15) is 5.82 Å². The first kappa shape index (κ1) is 14.6. The number of rotatable bonds is 7. The van der Waals surface area contributed by atoms with Crippen LogP contribution in [0.4, 0.5) is 5.82 Å². The fraction of sp³-hybridized carbons (Fsp3) is 0.571. The van der Waals surface area contributed by atoms with E-state index in [2.05, 4.69) is 18.8 Å². The van der Waals surface area contributed by atoms with Crippen molar-refractivity contribution in [2.24, 2.45) is 0 Å². The predicted octanol–water partition coefficient (Wildman–Crippen LogP) is 2.27. The predicted molar refractivity (Wildman–Crippen MR) is 73.0 cm³/mol. The third-order valence-electron chi connectivity index (χ3n) is 3.16. The van der Waals surface area contributed by atoms with Crippen LogP contribution in [-0.2, 0) is 0 Å². The van der Waals surface area contributed by atoms with Crippen LogP contribution >= 0.6 is 0 Å². The number of pyridine rings is 1. The zero-order valence-corrected chi connectivity index (χ0v) is 11.4. The number of hydrogen-bond donors (Lipinski definition) is 1. The topological polar surface area (TPSA) is 53.4 Å². The summed E-state index contributed by atoms with van der Waals surface area (Å²) in [5, 5.41) is 9.21. The normalized spacial score (nSPS) is 10.7. The third kappa shape index (κ3) is 3.29. The second kappa shape index (κ2) is 7.11. The molecule has 0 saturated carbocycles. The smallest absolute Gasteiger partial charge is 0.163 e. The van der Waals surface area contributed by atoms with Crippen molar-refractivity contribution in [3.05, 3.63) is 23.9 Å². The fourth-order valence-electron chi connectivity index (χ4n) is 2.20. The Morgan fingerprint density at radius 2 is 2.11 bits per heavy atom. The summed E-state index contributed by atoms with van der Waals surface area (Å²) >= 11 is 0. The number of carbonyl (C=O) groups is 1. The zero-order valence-electron chi connectivity index (χ0n) is 11.4. The Morgan fingerprint density at radius 3 is 2.61 bits per heavy atom. The van der Waals surface area contributed by atoms with Crippen LogP contribution in [0.25, 0.3) is 0 Å². The van der Waals surface area contributed by atoms with Crippen LogP contribution in [-0.4, -0.2) is 35.1 Å². The highest BCUT2D eigenvalue weighted by atomic mass is 16.3. The van der Waals surface area contributed by atoms with E-state index in [1.54, 1.807) is 25.3 Å². The van der Waals surface area contributed by atoms with Crippen LogP contribution in [0.2, 0.25) is 0 Å². The molecule has 0 unspecified atom stereocenters. The first-order valence-electron chi connectivity index (χ1n) is 6.49. The van der Waals surface area contributed by atoms with Crippen molar-refractivity contribution in [2.75, 3.05) is 18.1 Å². The molecule has 0 aliphatic rings. The Labute approximate surface area is 109 Å². The summed E-state index contributed by atoms with van der Waals surface area (Å²) in [5.74, 6) is 0.694. The average Bonchev–Trinajstić information content (AvgIpc) is 2.39. The summed E-state index contributed by atoms with van der Waals surface area (Å²) in [7, 11) is 0. The summed E-state index contributed by atoms with van der Waals surface area (Å²) in [6, 6.07) is 3.85. The first-order chi connectivity index (χ1) is 8.65. The lowest BCUT2D eigenvalue weighted by molar-refractivity contribution is 0.101. The summed E-state index contributed by atoms with van der Waals surface area (Å²) < 4.78 is 0. The number of nitrogens with zero attached hydrogens (tertiary/aromatic N) is 2. The van der Waals surface area contributed by atoms with Crippen molar-refractivity contribution in [1.82, 2.24) is 4.98 Å². The van der Waals surface area contributed by atoms with E-state index in [0.717, 1.165) is 12.8 Å². The summed E-state index contributed by atoms with van der Waals surface area (Å²) in [5.41, 5.74) is 0.623. The van der Waals surface area contributed by atoms with Gasteiger partial charge in [0.05, 0.1) is 12.2 Å². The van der Waals surface area contributed by atoms with E-state index >= 15 is 0 Å². The summed E-state index contributed by atoms with van der Waals surface area (Å²) in [6.07, 6.45) is 3.61. The molecular weight excluding hydrogens is 228 g/mol. The van der Waals surface area contributed by atoms with Gasteiger partial charge in [-0.15, -0.1) is 0 Å². The Bertz CT molecular complexity index is 389. The van der Waals surface area contributed by atoms with Crippen molar-refractivity contribution in [3.63, 3.8) is 0 Å². The van der Waals surface area contributed by atoms with Gasteiger partial charge in [0, 0.05) is 18.8 Å². The molecule has 4 heteroatoms. The minimum atomic E-state index is 0.00648. The zero-order chi connectivity index (χ0) is 13.5. The molecule has 1 heterocycles. The number of hydrogen-bond acceptors (Lipinski definition) is 4. The molecule has 0 saturated heterocycles. The molecular formula is C14H22N2O2. The van der Waals surface area contributed by atoms with Crippen molar-refractivity contribution in [1.29, 1.82) is 0 Å². The van der Waals surface area contributed by atoms with E-state index < -0.39 is 0 Å². The summed E-state index contributed by atoms with van der Waals surface area (Å²) in [4.78, 5) is 18.0. The lowest BCUT2D eigenvalue weighted by Gasteiger charge is -2.32. The molecule has 0 fully saturated rings. The van der Waals surface area contributed by atoms with Crippen molar-refractivity contribution in [3.8, 4) is 0 Å². The van der Waals surface area contributed by atoms with Crippen LogP contribution in [0.3, 0.4) is 0 Å². The Morgan fingerprint density at radius 1 is 1.44 bits per heavy atom. The van der Waals surface area contributed by atoms with E-state index in [9.17, 15) is 9.90 Å². The van der Waals surface area contributed by atoms with E-state index in [-0.39, 0.29) is 12.4 Å². The van der Waals surface area contributed by atoms with Gasteiger partial charge in [0.2, 0.25) is 0 Å². The van der Waals surface area contributed by atoms with Crippen LogP contribution < -0.4 is 4.90 Å². The lowest BCUT2D eigenvalue weighted by atomic mass is 10.1. The Balaban J connectivity index is 3.16. The van der Waals surface area contributed by atoms with Gasteiger partial charge in [0.25, 0.3) is 0 Å².